The van der Waals surface area contributed by atoms with E-state index in [-0.39, 0.29) is 29.1 Å². The third-order valence-electron chi connectivity index (χ3n) is 6.67. The van der Waals surface area contributed by atoms with Crippen molar-refractivity contribution in [2.45, 2.75) is 103 Å². The Balaban J connectivity index is 1.94. The molecule has 2 aliphatic carbocycles. The van der Waals surface area contributed by atoms with Gasteiger partial charge >= 0.3 is 12.1 Å². The zero-order valence-electron chi connectivity index (χ0n) is 20.2. The van der Waals surface area contributed by atoms with Crippen molar-refractivity contribution in [2.75, 3.05) is 6.61 Å². The van der Waals surface area contributed by atoms with Gasteiger partial charge < -0.3 is 14.8 Å². The number of alkyl carbamates (subject to hydrolysis) is 1. The van der Waals surface area contributed by atoms with E-state index in [1.165, 1.54) is 6.42 Å². The van der Waals surface area contributed by atoms with Gasteiger partial charge in [-0.05, 0) is 82.4 Å². The Kier molecular flexibility index (Phi) is 7.65. The number of nitro benzene ring substituents is 1. The fourth-order valence-corrected chi connectivity index (χ4v) is 5.32. The number of amides is 1. The molecular weight excluding hydrogens is 424 g/mol. The minimum Gasteiger partial charge on any atom is -0.464 e. The number of carbonyl (C=O) groups is 2. The summed E-state index contributed by atoms with van der Waals surface area (Å²) in [6, 6.07) is 2.54. The molecule has 1 fully saturated rings. The van der Waals surface area contributed by atoms with Crippen LogP contribution in [-0.2, 0) is 32.5 Å². The van der Waals surface area contributed by atoms with Gasteiger partial charge in [0.05, 0.1) is 11.5 Å². The molecule has 33 heavy (non-hydrogen) atoms. The summed E-state index contributed by atoms with van der Waals surface area (Å²) in [6.45, 7) is 6.98. The van der Waals surface area contributed by atoms with Gasteiger partial charge in [-0.2, -0.15) is 0 Å². The number of ether oxygens (including phenoxy) is 2. The van der Waals surface area contributed by atoms with Gasteiger partial charge in [-0.1, -0.05) is 19.3 Å². The summed E-state index contributed by atoms with van der Waals surface area (Å²) in [5.74, 6) is -0.640. The van der Waals surface area contributed by atoms with Crippen molar-refractivity contribution in [3.8, 4) is 0 Å². The molecule has 1 spiro atoms. The summed E-state index contributed by atoms with van der Waals surface area (Å²) in [6.07, 6.45) is 7.87. The molecular formula is C25H36N2O6. The Hall–Kier alpha value is -2.64. The standard InChI is InChI=1S/C25H36N2O6/c1-5-32-22(28)20(26-23(29)33-24(2,3)4)15-18-14-17-10-9-13-25(11-7-6-8-12-25)19(17)16-21(18)27(30)31/h14,16,20H,5-13,15H2,1-4H3,(H,26,29). The van der Waals surface area contributed by atoms with Gasteiger partial charge in [-0.25, -0.2) is 9.59 Å². The quantitative estimate of drug-likeness (QED) is 0.358. The second-order valence-electron chi connectivity index (χ2n) is 10.2. The zero-order chi connectivity index (χ0) is 24.2. The molecule has 8 nitrogen and oxygen atoms in total. The fraction of sp³-hybridized carbons (Fsp3) is 0.680. The molecule has 0 saturated heterocycles. The molecule has 0 radical (unpaired) electrons. The van der Waals surface area contributed by atoms with Gasteiger partial charge in [-0.3, -0.25) is 10.1 Å². The predicted molar refractivity (Wildman–Crippen MR) is 124 cm³/mol. The van der Waals surface area contributed by atoms with Crippen molar-refractivity contribution >= 4 is 17.7 Å². The summed E-state index contributed by atoms with van der Waals surface area (Å²) in [5, 5.41) is 14.6. The lowest BCUT2D eigenvalue weighted by Gasteiger charge is -2.42. The molecule has 0 aromatic heterocycles. The second kappa shape index (κ2) is 10.1. The predicted octanol–water partition coefficient (Wildman–Crippen LogP) is 5.13. The lowest BCUT2D eigenvalue weighted by molar-refractivity contribution is -0.385. The van der Waals surface area contributed by atoms with Crippen molar-refractivity contribution in [3.05, 3.63) is 38.9 Å². The molecule has 0 aliphatic heterocycles. The lowest BCUT2D eigenvalue weighted by Crippen LogP contribution is -2.45. The van der Waals surface area contributed by atoms with Gasteiger partial charge in [0.15, 0.2) is 0 Å². The van der Waals surface area contributed by atoms with E-state index < -0.39 is 23.7 Å². The zero-order valence-corrected chi connectivity index (χ0v) is 20.2. The number of fused-ring (bicyclic) bond motifs is 2. The molecule has 1 saturated carbocycles. The lowest BCUT2D eigenvalue weighted by atomic mass is 9.62. The average Bonchev–Trinajstić information content (AvgIpc) is 2.72. The molecule has 0 bridgehead atoms. The summed E-state index contributed by atoms with van der Waals surface area (Å²) in [5.41, 5.74) is 1.96. The van der Waals surface area contributed by atoms with E-state index in [9.17, 15) is 19.7 Å². The molecule has 2 aliphatic rings. The molecule has 1 aromatic carbocycles. The number of carbonyl (C=O) groups excluding carboxylic acids is 2. The number of nitro groups is 1. The minimum absolute atomic E-state index is 0.000820. The van der Waals surface area contributed by atoms with Gasteiger partial charge in [0.25, 0.3) is 5.69 Å². The van der Waals surface area contributed by atoms with Crippen LogP contribution in [0, 0.1) is 10.1 Å². The second-order valence-corrected chi connectivity index (χ2v) is 10.2. The van der Waals surface area contributed by atoms with Crippen LogP contribution in [0.25, 0.3) is 0 Å². The summed E-state index contributed by atoms with van der Waals surface area (Å²) >= 11 is 0. The molecule has 0 heterocycles. The third kappa shape index (κ3) is 6.03. The van der Waals surface area contributed by atoms with Crippen molar-refractivity contribution in [1.82, 2.24) is 5.32 Å². The molecule has 8 heteroatoms. The number of aryl methyl sites for hydroxylation is 1. The maximum Gasteiger partial charge on any atom is 0.408 e. The largest absolute Gasteiger partial charge is 0.464 e. The van der Waals surface area contributed by atoms with Crippen LogP contribution in [0.2, 0.25) is 0 Å². The van der Waals surface area contributed by atoms with Crippen LogP contribution in [0.1, 0.15) is 89.3 Å². The first-order valence-corrected chi connectivity index (χ1v) is 12.0. The molecule has 1 unspecified atom stereocenters. The Morgan fingerprint density at radius 1 is 1.15 bits per heavy atom. The Labute approximate surface area is 195 Å². The highest BCUT2D eigenvalue weighted by atomic mass is 16.6. The Morgan fingerprint density at radius 3 is 2.42 bits per heavy atom. The van der Waals surface area contributed by atoms with Crippen LogP contribution >= 0.6 is 0 Å². The van der Waals surface area contributed by atoms with E-state index in [4.69, 9.17) is 9.47 Å². The number of esters is 1. The first kappa shape index (κ1) is 25.0. The van der Waals surface area contributed by atoms with E-state index in [0.29, 0.717) is 5.56 Å². The van der Waals surface area contributed by atoms with Crippen molar-refractivity contribution in [1.29, 1.82) is 0 Å². The van der Waals surface area contributed by atoms with Gasteiger partial charge in [0.2, 0.25) is 0 Å². The maximum absolute atomic E-state index is 12.6. The first-order valence-electron chi connectivity index (χ1n) is 12.0. The summed E-state index contributed by atoms with van der Waals surface area (Å²) < 4.78 is 10.4. The number of nitrogens with one attached hydrogen (secondary N) is 1. The highest BCUT2D eigenvalue weighted by Gasteiger charge is 2.39. The van der Waals surface area contributed by atoms with E-state index in [1.54, 1.807) is 33.8 Å². The first-order chi connectivity index (χ1) is 15.5. The monoisotopic (exact) mass is 460 g/mol. The van der Waals surface area contributed by atoms with E-state index in [1.807, 2.05) is 6.07 Å². The number of hydrogen-bond donors (Lipinski definition) is 1. The van der Waals surface area contributed by atoms with E-state index in [0.717, 1.165) is 56.1 Å². The smallest absolute Gasteiger partial charge is 0.408 e. The Morgan fingerprint density at radius 2 is 1.82 bits per heavy atom. The topological polar surface area (TPSA) is 108 Å². The van der Waals surface area contributed by atoms with E-state index in [2.05, 4.69) is 5.32 Å². The van der Waals surface area contributed by atoms with Crippen LogP contribution in [-0.4, -0.2) is 35.2 Å². The molecule has 1 N–H and O–H groups in total. The third-order valence-corrected chi connectivity index (χ3v) is 6.67. The molecule has 1 atom stereocenters. The summed E-state index contributed by atoms with van der Waals surface area (Å²) in [7, 11) is 0. The fourth-order valence-electron chi connectivity index (χ4n) is 5.32. The van der Waals surface area contributed by atoms with Gasteiger partial charge in [0.1, 0.15) is 11.6 Å². The van der Waals surface area contributed by atoms with Gasteiger partial charge in [0, 0.05) is 18.1 Å². The summed E-state index contributed by atoms with van der Waals surface area (Å²) in [4.78, 5) is 36.6. The highest BCUT2D eigenvalue weighted by Crippen LogP contribution is 2.48. The molecule has 3 rings (SSSR count). The SMILES string of the molecule is CCOC(=O)C(Cc1cc2c(cc1[N+](=O)[O-])C1(CCCCC1)CCC2)NC(=O)OC(C)(C)C. The van der Waals surface area contributed by atoms with Crippen molar-refractivity contribution < 1.29 is 24.0 Å². The van der Waals surface area contributed by atoms with Crippen molar-refractivity contribution in [3.63, 3.8) is 0 Å². The molecule has 1 amide bonds. The normalized spacial score (nSPS) is 18.2. The van der Waals surface area contributed by atoms with Crippen LogP contribution in [0.3, 0.4) is 0 Å². The van der Waals surface area contributed by atoms with Crippen molar-refractivity contribution in [2.24, 2.45) is 0 Å². The Bertz CT molecular complexity index is 899. The number of nitrogens with zero attached hydrogens (tertiary/aromatic N) is 1. The molecule has 1 aromatic rings. The number of benzene rings is 1. The molecule has 182 valence electrons. The average molecular weight is 461 g/mol. The minimum atomic E-state index is -1.08. The van der Waals surface area contributed by atoms with Crippen LogP contribution in [0.5, 0.6) is 0 Å². The van der Waals surface area contributed by atoms with E-state index >= 15 is 0 Å². The van der Waals surface area contributed by atoms with Crippen LogP contribution < -0.4 is 5.32 Å². The maximum atomic E-state index is 12.6. The highest BCUT2D eigenvalue weighted by molar-refractivity contribution is 5.82. The number of hydrogen-bond acceptors (Lipinski definition) is 6. The van der Waals surface area contributed by atoms with Gasteiger partial charge in [-0.15, -0.1) is 0 Å². The number of rotatable bonds is 6. The van der Waals surface area contributed by atoms with Crippen LogP contribution in [0.15, 0.2) is 12.1 Å². The van der Waals surface area contributed by atoms with Crippen LogP contribution in [0.4, 0.5) is 10.5 Å².